The number of benzene rings is 3. The second-order valence-electron chi connectivity index (χ2n) is 10.1. The van der Waals surface area contributed by atoms with Gasteiger partial charge in [-0.15, -0.1) is 0 Å². The van der Waals surface area contributed by atoms with E-state index in [2.05, 4.69) is 4.98 Å². The molecule has 6 rings (SSSR count). The van der Waals surface area contributed by atoms with Crippen LogP contribution in [0.4, 0.5) is 0 Å². The van der Waals surface area contributed by atoms with Gasteiger partial charge >= 0.3 is 5.97 Å². The number of carbonyl (C=O) groups is 1. The summed E-state index contributed by atoms with van der Waals surface area (Å²) in [5, 5.41) is 0.911. The van der Waals surface area contributed by atoms with E-state index in [1.165, 1.54) is 11.3 Å². The SMILES string of the molecule is CCOC(=O)C1=C(C)N=c2sc(=Cc3c(-c4ccccc4)[nH]c4c(OC)cccc34)c(=O)n2C1c1ccc(OC)c(OC)c1. The highest BCUT2D eigenvalue weighted by Crippen LogP contribution is 2.37. The highest BCUT2D eigenvalue weighted by Gasteiger charge is 2.34. The van der Waals surface area contributed by atoms with E-state index in [4.69, 9.17) is 23.9 Å². The maximum absolute atomic E-state index is 14.4. The molecule has 224 valence electrons. The van der Waals surface area contributed by atoms with E-state index >= 15 is 0 Å². The van der Waals surface area contributed by atoms with Gasteiger partial charge in [-0.3, -0.25) is 9.36 Å². The molecule has 0 fully saturated rings. The Kier molecular flexibility index (Phi) is 7.84. The van der Waals surface area contributed by atoms with Crippen LogP contribution in [0.5, 0.6) is 17.2 Å². The number of H-pyrrole nitrogens is 1. The van der Waals surface area contributed by atoms with Gasteiger partial charge in [-0.2, -0.15) is 0 Å². The van der Waals surface area contributed by atoms with Crippen molar-refractivity contribution in [3.05, 3.63) is 109 Å². The average molecular weight is 610 g/mol. The molecule has 0 aliphatic carbocycles. The zero-order chi connectivity index (χ0) is 31.0. The molecule has 1 aliphatic heterocycles. The van der Waals surface area contributed by atoms with Crippen LogP contribution < -0.4 is 29.1 Å². The molecule has 0 saturated carbocycles. The third kappa shape index (κ3) is 4.87. The molecule has 5 aromatic rings. The second kappa shape index (κ2) is 11.9. The number of aromatic nitrogens is 2. The number of fused-ring (bicyclic) bond motifs is 2. The number of nitrogens with zero attached hydrogens (tertiary/aromatic N) is 2. The maximum Gasteiger partial charge on any atom is 0.338 e. The van der Waals surface area contributed by atoms with Gasteiger partial charge in [-0.25, -0.2) is 9.79 Å². The molecule has 0 bridgehead atoms. The molecule has 1 N–H and O–H groups in total. The number of thiazole rings is 1. The Morgan fingerprint density at radius 1 is 0.977 bits per heavy atom. The summed E-state index contributed by atoms with van der Waals surface area (Å²) in [6, 6.07) is 20.3. The number of allylic oxidation sites excluding steroid dienone is 1. The normalized spacial score (nSPS) is 14.8. The maximum atomic E-state index is 14.4. The number of methoxy groups -OCH3 is 3. The van der Waals surface area contributed by atoms with Crippen LogP contribution in [0.25, 0.3) is 28.2 Å². The third-order valence-electron chi connectivity index (χ3n) is 7.63. The number of nitrogens with one attached hydrogen (secondary N) is 1. The van der Waals surface area contributed by atoms with E-state index in [9.17, 15) is 9.59 Å². The highest BCUT2D eigenvalue weighted by molar-refractivity contribution is 7.07. The van der Waals surface area contributed by atoms with Crippen molar-refractivity contribution in [1.82, 2.24) is 9.55 Å². The van der Waals surface area contributed by atoms with E-state index in [1.54, 1.807) is 51.9 Å². The number of rotatable bonds is 8. The van der Waals surface area contributed by atoms with Crippen molar-refractivity contribution >= 4 is 34.3 Å². The molecule has 3 heterocycles. The topological polar surface area (TPSA) is 104 Å². The monoisotopic (exact) mass is 609 g/mol. The van der Waals surface area contributed by atoms with Crippen molar-refractivity contribution in [1.29, 1.82) is 0 Å². The lowest BCUT2D eigenvalue weighted by atomic mass is 9.95. The molecule has 1 aliphatic rings. The number of esters is 1. The Balaban J connectivity index is 1.62. The summed E-state index contributed by atoms with van der Waals surface area (Å²) in [5.41, 5.74) is 4.66. The van der Waals surface area contributed by atoms with Gasteiger partial charge in [0.05, 0.1) is 61.0 Å². The predicted molar refractivity (Wildman–Crippen MR) is 170 cm³/mol. The average Bonchev–Trinajstić information content (AvgIpc) is 3.57. The fourth-order valence-corrected chi connectivity index (χ4v) is 6.65. The molecule has 0 spiro atoms. The Bertz CT molecular complexity index is 2110. The van der Waals surface area contributed by atoms with Gasteiger partial charge in [-0.05, 0) is 49.2 Å². The van der Waals surface area contributed by atoms with E-state index < -0.39 is 12.0 Å². The van der Waals surface area contributed by atoms with Crippen molar-refractivity contribution in [2.75, 3.05) is 27.9 Å². The van der Waals surface area contributed by atoms with Crippen molar-refractivity contribution in [3.63, 3.8) is 0 Å². The molecular weight excluding hydrogens is 578 g/mol. The quantitative estimate of drug-likeness (QED) is 0.249. The molecule has 0 amide bonds. The molecular formula is C34H31N3O6S. The van der Waals surface area contributed by atoms with Crippen LogP contribution in [0.1, 0.15) is 31.0 Å². The molecule has 10 heteroatoms. The Labute approximate surface area is 257 Å². The van der Waals surface area contributed by atoms with Crippen LogP contribution >= 0.6 is 11.3 Å². The van der Waals surface area contributed by atoms with Crippen molar-refractivity contribution < 1.29 is 23.7 Å². The molecule has 1 atom stereocenters. The lowest BCUT2D eigenvalue weighted by Crippen LogP contribution is -2.40. The number of hydrogen-bond donors (Lipinski definition) is 1. The first kappa shape index (κ1) is 29.0. The van der Waals surface area contributed by atoms with Gasteiger partial charge in [0.2, 0.25) is 0 Å². The summed E-state index contributed by atoms with van der Waals surface area (Å²) in [7, 11) is 4.73. The van der Waals surface area contributed by atoms with Gasteiger partial charge in [0, 0.05) is 10.9 Å². The molecule has 3 aromatic carbocycles. The summed E-state index contributed by atoms with van der Waals surface area (Å²) in [6.45, 7) is 3.69. The minimum absolute atomic E-state index is 0.185. The summed E-state index contributed by atoms with van der Waals surface area (Å²) >= 11 is 1.27. The molecule has 0 radical (unpaired) electrons. The Hall–Kier alpha value is -5.09. The van der Waals surface area contributed by atoms with Gasteiger partial charge < -0.3 is 23.9 Å². The van der Waals surface area contributed by atoms with E-state index in [-0.39, 0.29) is 12.2 Å². The van der Waals surface area contributed by atoms with Gasteiger partial charge in [-0.1, -0.05) is 59.9 Å². The van der Waals surface area contributed by atoms with Crippen molar-refractivity contribution in [2.24, 2.45) is 4.99 Å². The lowest BCUT2D eigenvalue weighted by molar-refractivity contribution is -0.139. The predicted octanol–water partition coefficient (Wildman–Crippen LogP) is 4.97. The zero-order valence-corrected chi connectivity index (χ0v) is 25.8. The highest BCUT2D eigenvalue weighted by atomic mass is 32.1. The first-order valence-corrected chi connectivity index (χ1v) is 14.9. The van der Waals surface area contributed by atoms with Crippen LogP contribution in [0, 0.1) is 0 Å². The fourth-order valence-electron chi connectivity index (χ4n) is 5.62. The molecule has 9 nitrogen and oxygen atoms in total. The lowest BCUT2D eigenvalue weighted by Gasteiger charge is -2.25. The van der Waals surface area contributed by atoms with Crippen molar-refractivity contribution in [2.45, 2.75) is 19.9 Å². The summed E-state index contributed by atoms with van der Waals surface area (Å²) in [6.07, 6.45) is 1.89. The molecule has 44 heavy (non-hydrogen) atoms. The summed E-state index contributed by atoms with van der Waals surface area (Å²) in [5.74, 6) is 1.18. The van der Waals surface area contributed by atoms with Crippen LogP contribution in [0.3, 0.4) is 0 Å². The van der Waals surface area contributed by atoms with E-state index in [0.717, 1.165) is 27.7 Å². The van der Waals surface area contributed by atoms with E-state index in [0.29, 0.717) is 43.4 Å². The van der Waals surface area contributed by atoms with Gasteiger partial charge in [0.1, 0.15) is 5.75 Å². The summed E-state index contributed by atoms with van der Waals surface area (Å²) < 4.78 is 24.1. The number of aromatic amines is 1. The zero-order valence-electron chi connectivity index (χ0n) is 25.0. The van der Waals surface area contributed by atoms with Crippen LogP contribution in [0.15, 0.2) is 87.8 Å². The largest absolute Gasteiger partial charge is 0.495 e. The fraction of sp³-hybridized carbons (Fsp3) is 0.206. The van der Waals surface area contributed by atoms with Gasteiger partial charge in [0.25, 0.3) is 5.56 Å². The number of hydrogen-bond acceptors (Lipinski definition) is 8. The summed E-state index contributed by atoms with van der Waals surface area (Å²) in [4.78, 5) is 36.4. The molecule has 0 saturated heterocycles. The smallest absolute Gasteiger partial charge is 0.338 e. The van der Waals surface area contributed by atoms with Crippen LogP contribution in [0.2, 0.25) is 0 Å². The minimum atomic E-state index is -0.788. The standard InChI is InChI=1S/C34H31N3O6S/c1-6-43-33(39)28-19(2)35-34-37(31(28)21-15-16-24(40-3)26(17-21)42-5)32(38)27(44-34)18-23-22-13-10-14-25(41-4)30(22)36-29(23)20-11-8-7-9-12-20/h7-18,31,36H,6H2,1-5H3. The second-order valence-corrected chi connectivity index (χ2v) is 11.1. The number of ether oxygens (including phenoxy) is 4. The Morgan fingerprint density at radius 3 is 2.43 bits per heavy atom. The molecule has 2 aromatic heterocycles. The molecule has 1 unspecified atom stereocenters. The number of carbonyl (C=O) groups excluding carboxylic acids is 1. The first-order chi connectivity index (χ1) is 21.4. The Morgan fingerprint density at radius 2 is 1.73 bits per heavy atom. The van der Waals surface area contributed by atoms with Gasteiger partial charge in [0.15, 0.2) is 16.3 Å². The third-order valence-corrected chi connectivity index (χ3v) is 8.62. The first-order valence-electron chi connectivity index (χ1n) is 14.1. The minimum Gasteiger partial charge on any atom is -0.495 e. The van der Waals surface area contributed by atoms with Crippen LogP contribution in [-0.4, -0.2) is 43.5 Å². The van der Waals surface area contributed by atoms with Crippen molar-refractivity contribution in [3.8, 4) is 28.5 Å². The number of para-hydroxylation sites is 1. The van der Waals surface area contributed by atoms with Crippen LogP contribution in [-0.2, 0) is 9.53 Å². The van der Waals surface area contributed by atoms with E-state index in [1.807, 2.05) is 60.7 Å².